The molecule has 0 bridgehead atoms. The van der Waals surface area contributed by atoms with Crippen molar-refractivity contribution >= 4 is 33.3 Å². The molecule has 3 aromatic rings. The second kappa shape index (κ2) is 4.86. The van der Waals surface area contributed by atoms with Crippen LogP contribution < -0.4 is 0 Å². The number of nitrogens with zero attached hydrogens (tertiary/aromatic N) is 3. The van der Waals surface area contributed by atoms with Crippen LogP contribution in [0.4, 0.5) is 0 Å². The van der Waals surface area contributed by atoms with Crippen molar-refractivity contribution in [3.8, 4) is 11.3 Å². The van der Waals surface area contributed by atoms with E-state index in [1.165, 1.54) is 0 Å². The monoisotopic (exact) mass is 349 g/mol. The maximum absolute atomic E-state index is 6.07. The zero-order valence-corrected chi connectivity index (χ0v) is 13.7. The molecule has 0 radical (unpaired) electrons. The number of fused-ring (bicyclic) bond motifs is 1. The Morgan fingerprint density at radius 3 is 2.60 bits per heavy atom. The Morgan fingerprint density at radius 1 is 1.15 bits per heavy atom. The molecule has 2 heterocycles. The van der Waals surface area contributed by atoms with Gasteiger partial charge in [-0.1, -0.05) is 17.7 Å². The minimum absolute atomic E-state index is 0.714. The molecule has 0 aliphatic carbocycles. The third-order valence-electron chi connectivity index (χ3n) is 3.41. The lowest BCUT2D eigenvalue weighted by molar-refractivity contribution is 0.996. The Bertz CT molecular complexity index is 824. The van der Waals surface area contributed by atoms with Gasteiger partial charge in [-0.15, -0.1) is 0 Å². The fourth-order valence-corrected chi connectivity index (χ4v) is 2.60. The van der Waals surface area contributed by atoms with Crippen LogP contribution in [0.1, 0.15) is 17.0 Å². The summed E-state index contributed by atoms with van der Waals surface area (Å²) in [5.74, 6) is 0.714. The van der Waals surface area contributed by atoms with E-state index < -0.39 is 0 Å². The summed E-state index contributed by atoms with van der Waals surface area (Å²) in [5, 5.41) is 0.769. The van der Waals surface area contributed by atoms with Crippen LogP contribution in [0, 0.1) is 20.8 Å². The first-order valence-corrected chi connectivity index (χ1v) is 7.43. The number of rotatable bonds is 1. The van der Waals surface area contributed by atoms with E-state index in [4.69, 9.17) is 11.6 Å². The number of benzene rings is 1. The molecule has 0 N–H and O–H groups in total. The number of aromatic nitrogens is 3. The smallest absolute Gasteiger partial charge is 0.234 e. The lowest BCUT2D eigenvalue weighted by Crippen LogP contribution is -1.97. The highest BCUT2D eigenvalue weighted by Crippen LogP contribution is 2.26. The van der Waals surface area contributed by atoms with Crippen LogP contribution in [-0.4, -0.2) is 14.4 Å². The summed E-state index contributed by atoms with van der Waals surface area (Å²) < 4.78 is 3.01. The van der Waals surface area contributed by atoms with Gasteiger partial charge in [0.15, 0.2) is 0 Å². The zero-order valence-electron chi connectivity index (χ0n) is 11.4. The summed E-state index contributed by atoms with van der Waals surface area (Å²) in [6, 6.07) is 5.92. The fourth-order valence-electron chi connectivity index (χ4n) is 2.21. The molecule has 5 heteroatoms. The topological polar surface area (TPSA) is 30.2 Å². The van der Waals surface area contributed by atoms with Crippen LogP contribution >= 0.6 is 27.5 Å². The van der Waals surface area contributed by atoms with E-state index in [1.807, 2.05) is 49.6 Å². The maximum atomic E-state index is 6.07. The second-order valence-corrected chi connectivity index (χ2v) is 6.06. The SMILES string of the molecule is Cc1cc(-c2cn3c(C)c(Br)c(C)nc3n2)ccc1Cl. The molecule has 2 aromatic heterocycles. The number of hydrogen-bond donors (Lipinski definition) is 0. The van der Waals surface area contributed by atoms with E-state index in [9.17, 15) is 0 Å². The Balaban J connectivity index is 2.23. The molecule has 0 saturated heterocycles. The van der Waals surface area contributed by atoms with Crippen molar-refractivity contribution in [1.82, 2.24) is 14.4 Å². The van der Waals surface area contributed by atoms with Gasteiger partial charge in [0.2, 0.25) is 5.78 Å². The van der Waals surface area contributed by atoms with E-state index in [2.05, 4.69) is 25.9 Å². The van der Waals surface area contributed by atoms with Gasteiger partial charge >= 0.3 is 0 Å². The predicted molar refractivity (Wildman–Crippen MR) is 85.3 cm³/mol. The molecule has 3 rings (SSSR count). The summed E-state index contributed by atoms with van der Waals surface area (Å²) in [4.78, 5) is 9.11. The molecule has 0 aliphatic rings. The van der Waals surface area contributed by atoms with E-state index in [0.29, 0.717) is 5.78 Å². The van der Waals surface area contributed by atoms with Crippen molar-refractivity contribution in [1.29, 1.82) is 0 Å². The van der Waals surface area contributed by atoms with Gasteiger partial charge in [-0.2, -0.15) is 0 Å². The molecule has 20 heavy (non-hydrogen) atoms. The van der Waals surface area contributed by atoms with E-state index in [-0.39, 0.29) is 0 Å². The molecule has 0 spiro atoms. The molecule has 0 atom stereocenters. The van der Waals surface area contributed by atoms with Gasteiger partial charge in [0.25, 0.3) is 0 Å². The summed E-state index contributed by atoms with van der Waals surface area (Å²) in [5.41, 5.74) is 5.03. The molecule has 0 saturated carbocycles. The largest absolute Gasteiger partial charge is 0.287 e. The second-order valence-electron chi connectivity index (χ2n) is 4.86. The standard InChI is InChI=1S/C15H13BrClN3/c1-8-6-11(4-5-12(8)17)13-7-20-10(3)14(16)9(2)18-15(20)19-13/h4-7H,1-3H3. The molecule has 102 valence electrons. The van der Waals surface area contributed by atoms with Crippen molar-refractivity contribution in [3.63, 3.8) is 0 Å². The fraction of sp³-hybridized carbons (Fsp3) is 0.200. The van der Waals surface area contributed by atoms with Gasteiger partial charge < -0.3 is 0 Å². The molecule has 3 nitrogen and oxygen atoms in total. The van der Waals surface area contributed by atoms with E-state index in [1.54, 1.807) is 0 Å². The third kappa shape index (κ3) is 2.13. The van der Waals surface area contributed by atoms with Crippen LogP contribution in [0.3, 0.4) is 0 Å². The number of imidazole rings is 1. The molecular formula is C15H13BrClN3. The van der Waals surface area contributed by atoms with Gasteiger partial charge in [0, 0.05) is 22.5 Å². The molecule has 0 amide bonds. The van der Waals surface area contributed by atoms with Crippen LogP contribution in [0.25, 0.3) is 17.0 Å². The van der Waals surface area contributed by atoms with Crippen LogP contribution in [-0.2, 0) is 0 Å². The van der Waals surface area contributed by atoms with Gasteiger partial charge in [-0.05, 0) is 54.4 Å². The number of halogens is 2. The quantitative estimate of drug-likeness (QED) is 0.634. The average molecular weight is 351 g/mol. The number of hydrogen-bond acceptors (Lipinski definition) is 2. The van der Waals surface area contributed by atoms with E-state index in [0.717, 1.165) is 37.7 Å². The minimum atomic E-state index is 0.714. The summed E-state index contributed by atoms with van der Waals surface area (Å²) in [7, 11) is 0. The Morgan fingerprint density at radius 2 is 1.90 bits per heavy atom. The van der Waals surface area contributed by atoms with Crippen LogP contribution in [0.15, 0.2) is 28.9 Å². The highest BCUT2D eigenvalue weighted by Gasteiger charge is 2.11. The Kier molecular flexibility index (Phi) is 3.30. The lowest BCUT2D eigenvalue weighted by atomic mass is 10.1. The molecule has 0 fully saturated rings. The average Bonchev–Trinajstić information content (AvgIpc) is 2.83. The molecule has 1 aromatic carbocycles. The summed E-state index contributed by atoms with van der Waals surface area (Å²) in [6.45, 7) is 6.01. The van der Waals surface area contributed by atoms with Gasteiger partial charge in [0.05, 0.1) is 15.9 Å². The first kappa shape index (κ1) is 13.6. The van der Waals surface area contributed by atoms with Gasteiger partial charge in [-0.3, -0.25) is 4.40 Å². The molecule has 0 unspecified atom stereocenters. The first-order valence-electron chi connectivity index (χ1n) is 6.25. The zero-order chi connectivity index (χ0) is 14.4. The predicted octanol–water partition coefficient (Wildman–Crippen LogP) is 4.74. The van der Waals surface area contributed by atoms with Crippen molar-refractivity contribution in [2.24, 2.45) is 0 Å². The normalized spacial score (nSPS) is 11.2. The Hall–Kier alpha value is -1.39. The maximum Gasteiger partial charge on any atom is 0.234 e. The van der Waals surface area contributed by atoms with Gasteiger partial charge in [-0.25, -0.2) is 9.97 Å². The lowest BCUT2D eigenvalue weighted by Gasteiger charge is -2.04. The van der Waals surface area contributed by atoms with Crippen LogP contribution in [0.5, 0.6) is 0 Å². The highest BCUT2D eigenvalue weighted by molar-refractivity contribution is 9.10. The number of aryl methyl sites for hydroxylation is 3. The summed E-state index contributed by atoms with van der Waals surface area (Å²) in [6.07, 6.45) is 2.00. The molecule has 0 aliphatic heterocycles. The third-order valence-corrected chi connectivity index (χ3v) is 4.98. The minimum Gasteiger partial charge on any atom is -0.287 e. The van der Waals surface area contributed by atoms with Gasteiger partial charge in [0.1, 0.15) is 0 Å². The van der Waals surface area contributed by atoms with Crippen molar-refractivity contribution in [2.75, 3.05) is 0 Å². The Labute approximate surface area is 130 Å². The van der Waals surface area contributed by atoms with Crippen LogP contribution in [0.2, 0.25) is 5.02 Å². The first-order chi connectivity index (χ1) is 9.47. The highest BCUT2D eigenvalue weighted by atomic mass is 79.9. The van der Waals surface area contributed by atoms with Crippen molar-refractivity contribution < 1.29 is 0 Å². The van der Waals surface area contributed by atoms with Crippen molar-refractivity contribution in [2.45, 2.75) is 20.8 Å². The molecular weight excluding hydrogens is 338 g/mol. The van der Waals surface area contributed by atoms with E-state index >= 15 is 0 Å². The van der Waals surface area contributed by atoms with Crippen molar-refractivity contribution in [3.05, 3.63) is 50.8 Å². The summed E-state index contributed by atoms with van der Waals surface area (Å²) >= 11 is 9.63.